The van der Waals surface area contributed by atoms with E-state index in [1.54, 1.807) is 11.3 Å². The van der Waals surface area contributed by atoms with Crippen molar-refractivity contribution in [2.24, 2.45) is 0 Å². The van der Waals surface area contributed by atoms with Gasteiger partial charge in [0, 0.05) is 13.1 Å². The maximum Gasteiger partial charge on any atom is 0.233 e. The molecule has 0 radical (unpaired) electrons. The second-order valence-corrected chi connectivity index (χ2v) is 9.31. The number of hydrogen-bond donors (Lipinski definition) is 0. The number of nitrogens with zero attached hydrogens (tertiary/aromatic N) is 2. The van der Waals surface area contributed by atoms with Crippen molar-refractivity contribution in [2.45, 2.75) is 24.4 Å². The molecule has 158 valence electrons. The molecule has 4 rings (SSSR count). The molecular weight excluding hydrogens is 424 g/mol. The van der Waals surface area contributed by atoms with E-state index in [-0.39, 0.29) is 5.91 Å². The summed E-state index contributed by atoms with van der Waals surface area (Å²) in [5.74, 6) is 1.31. The van der Waals surface area contributed by atoms with E-state index >= 15 is 0 Å². The number of carbonyl (C=O) groups excluding carboxylic acids is 1. The monoisotopic (exact) mass is 448 g/mol. The molecule has 0 fully saturated rings. The zero-order chi connectivity index (χ0) is 21.5. The Hall–Kier alpha value is -2.83. The normalized spacial score (nSPS) is 10.9. The van der Waals surface area contributed by atoms with Crippen molar-refractivity contribution in [3.63, 3.8) is 0 Å². The van der Waals surface area contributed by atoms with Crippen LogP contribution in [0.2, 0.25) is 0 Å². The van der Waals surface area contributed by atoms with Crippen molar-refractivity contribution in [2.75, 3.05) is 12.4 Å². The van der Waals surface area contributed by atoms with Gasteiger partial charge in [-0.2, -0.15) is 0 Å². The first-order valence-electron chi connectivity index (χ1n) is 10.2. The van der Waals surface area contributed by atoms with E-state index in [1.807, 2.05) is 66.4 Å². The maximum absolute atomic E-state index is 13.1. The highest BCUT2D eigenvalue weighted by atomic mass is 32.2. The Labute approximate surface area is 190 Å². The van der Waals surface area contributed by atoms with Crippen molar-refractivity contribution in [1.82, 2.24) is 9.88 Å². The molecule has 0 aliphatic heterocycles. The second kappa shape index (κ2) is 10.5. The summed E-state index contributed by atoms with van der Waals surface area (Å²) in [6.07, 6.45) is 0. The highest BCUT2D eigenvalue weighted by Gasteiger charge is 2.16. The van der Waals surface area contributed by atoms with Crippen LogP contribution in [0, 0.1) is 0 Å². The Morgan fingerprint density at radius 1 is 0.968 bits per heavy atom. The van der Waals surface area contributed by atoms with Crippen LogP contribution in [0.3, 0.4) is 0 Å². The summed E-state index contributed by atoms with van der Waals surface area (Å²) in [5, 5.41) is 0. The van der Waals surface area contributed by atoms with Crippen molar-refractivity contribution >= 4 is 39.2 Å². The largest absolute Gasteiger partial charge is 0.494 e. The third-order valence-electron chi connectivity index (χ3n) is 4.76. The molecular formula is C25H24N2O2S2. The lowest BCUT2D eigenvalue weighted by atomic mass is 10.1. The lowest BCUT2D eigenvalue weighted by molar-refractivity contribution is -0.129. The molecule has 0 saturated heterocycles. The van der Waals surface area contributed by atoms with E-state index in [1.165, 1.54) is 11.8 Å². The molecule has 0 atom stereocenters. The third kappa shape index (κ3) is 5.87. The van der Waals surface area contributed by atoms with Crippen LogP contribution >= 0.6 is 23.1 Å². The minimum atomic E-state index is 0.104. The summed E-state index contributed by atoms with van der Waals surface area (Å²) in [6, 6.07) is 26.2. The van der Waals surface area contributed by atoms with E-state index in [0.29, 0.717) is 25.4 Å². The first-order valence-corrected chi connectivity index (χ1v) is 12.0. The van der Waals surface area contributed by atoms with Gasteiger partial charge in [0.1, 0.15) is 5.75 Å². The summed E-state index contributed by atoms with van der Waals surface area (Å²) >= 11 is 3.10. The number of amides is 1. The van der Waals surface area contributed by atoms with Gasteiger partial charge in [0.2, 0.25) is 5.91 Å². The minimum absolute atomic E-state index is 0.104. The number of rotatable bonds is 9. The van der Waals surface area contributed by atoms with E-state index in [9.17, 15) is 4.79 Å². The molecule has 0 saturated carbocycles. The highest BCUT2D eigenvalue weighted by Crippen LogP contribution is 2.32. The maximum atomic E-state index is 13.1. The summed E-state index contributed by atoms with van der Waals surface area (Å²) in [7, 11) is 0. The molecule has 4 aromatic rings. The van der Waals surface area contributed by atoms with Crippen LogP contribution in [0.4, 0.5) is 0 Å². The molecule has 0 N–H and O–H groups in total. The van der Waals surface area contributed by atoms with Gasteiger partial charge in [-0.1, -0.05) is 72.4 Å². The smallest absolute Gasteiger partial charge is 0.233 e. The first-order chi connectivity index (χ1) is 15.2. The van der Waals surface area contributed by atoms with Gasteiger partial charge < -0.3 is 9.64 Å². The van der Waals surface area contributed by atoms with Gasteiger partial charge in [0.05, 0.1) is 22.6 Å². The van der Waals surface area contributed by atoms with Crippen molar-refractivity contribution < 1.29 is 9.53 Å². The fourth-order valence-corrected chi connectivity index (χ4v) is 5.26. The summed E-state index contributed by atoms with van der Waals surface area (Å²) in [6.45, 7) is 3.79. The van der Waals surface area contributed by atoms with Gasteiger partial charge in [-0.3, -0.25) is 4.79 Å². The standard InChI is InChI=1S/C25H24N2O2S2/c1-2-29-21-13-14-22-23(15-21)31-25(26-22)30-18-24(28)27(16-19-9-5-3-6-10-19)17-20-11-7-4-8-12-20/h3-15H,2,16-18H2,1H3. The number of hydrogen-bond acceptors (Lipinski definition) is 5. The molecule has 1 amide bonds. The molecule has 0 unspecified atom stereocenters. The Morgan fingerprint density at radius 3 is 2.23 bits per heavy atom. The van der Waals surface area contributed by atoms with Crippen LogP contribution in [-0.2, 0) is 17.9 Å². The molecule has 0 aliphatic carbocycles. The highest BCUT2D eigenvalue weighted by molar-refractivity contribution is 8.01. The molecule has 3 aromatic carbocycles. The predicted octanol–water partition coefficient (Wildman–Crippen LogP) is 6.02. The molecule has 1 aromatic heterocycles. The van der Waals surface area contributed by atoms with Gasteiger partial charge in [-0.25, -0.2) is 4.98 Å². The first kappa shape index (κ1) is 21.4. The molecule has 31 heavy (non-hydrogen) atoms. The second-order valence-electron chi connectivity index (χ2n) is 7.05. The number of thioether (sulfide) groups is 1. The average Bonchev–Trinajstić information content (AvgIpc) is 3.21. The van der Waals surface area contributed by atoms with Crippen molar-refractivity contribution in [3.8, 4) is 5.75 Å². The van der Waals surface area contributed by atoms with Gasteiger partial charge in [0.15, 0.2) is 4.34 Å². The van der Waals surface area contributed by atoms with E-state index < -0.39 is 0 Å². The predicted molar refractivity (Wildman–Crippen MR) is 129 cm³/mol. The Balaban J connectivity index is 1.45. The van der Waals surface area contributed by atoms with Crippen LogP contribution < -0.4 is 4.74 Å². The van der Waals surface area contributed by atoms with Crippen LogP contribution in [0.15, 0.2) is 83.2 Å². The zero-order valence-electron chi connectivity index (χ0n) is 17.4. The van der Waals surface area contributed by atoms with Crippen LogP contribution in [0.1, 0.15) is 18.1 Å². The van der Waals surface area contributed by atoms with Gasteiger partial charge in [-0.15, -0.1) is 11.3 Å². The topological polar surface area (TPSA) is 42.4 Å². The summed E-state index contributed by atoms with van der Waals surface area (Å²) in [5.41, 5.74) is 3.19. The number of thiazole rings is 1. The SMILES string of the molecule is CCOc1ccc2nc(SCC(=O)N(Cc3ccccc3)Cc3ccccc3)sc2c1. The van der Waals surface area contributed by atoms with Crippen molar-refractivity contribution in [1.29, 1.82) is 0 Å². The fraction of sp³-hybridized carbons (Fsp3) is 0.200. The van der Waals surface area contributed by atoms with Crippen LogP contribution in [0.25, 0.3) is 10.2 Å². The summed E-state index contributed by atoms with van der Waals surface area (Å²) < 4.78 is 7.55. The Kier molecular flexibility index (Phi) is 7.22. The minimum Gasteiger partial charge on any atom is -0.494 e. The van der Waals surface area contributed by atoms with Crippen molar-refractivity contribution in [3.05, 3.63) is 90.0 Å². The lowest BCUT2D eigenvalue weighted by Gasteiger charge is -2.23. The van der Waals surface area contributed by atoms with E-state index in [0.717, 1.165) is 31.4 Å². The van der Waals surface area contributed by atoms with Gasteiger partial charge in [0.25, 0.3) is 0 Å². The van der Waals surface area contributed by atoms with Crippen LogP contribution in [0.5, 0.6) is 5.75 Å². The number of aromatic nitrogens is 1. The fourth-order valence-electron chi connectivity index (χ4n) is 3.26. The van der Waals surface area contributed by atoms with E-state index in [2.05, 4.69) is 29.2 Å². The molecule has 0 bridgehead atoms. The Morgan fingerprint density at radius 2 is 1.61 bits per heavy atom. The molecule has 6 heteroatoms. The molecule has 4 nitrogen and oxygen atoms in total. The third-order valence-corrected chi connectivity index (χ3v) is 6.90. The number of ether oxygens (including phenoxy) is 1. The number of fused-ring (bicyclic) bond motifs is 1. The molecule has 0 aliphatic rings. The number of carbonyl (C=O) groups is 1. The Bertz CT molecular complexity index is 1090. The average molecular weight is 449 g/mol. The zero-order valence-corrected chi connectivity index (χ0v) is 19.0. The lowest BCUT2D eigenvalue weighted by Crippen LogP contribution is -2.31. The van der Waals surface area contributed by atoms with Gasteiger partial charge >= 0.3 is 0 Å². The van der Waals surface area contributed by atoms with Gasteiger partial charge in [-0.05, 0) is 36.2 Å². The quantitative estimate of drug-likeness (QED) is 0.294. The number of benzene rings is 3. The molecule has 1 heterocycles. The summed E-state index contributed by atoms with van der Waals surface area (Å²) in [4.78, 5) is 19.7. The molecule has 0 spiro atoms. The van der Waals surface area contributed by atoms with E-state index in [4.69, 9.17) is 4.74 Å². The van der Waals surface area contributed by atoms with Crippen LogP contribution in [-0.4, -0.2) is 28.2 Å².